The van der Waals surface area contributed by atoms with Crippen LogP contribution in [0.5, 0.6) is 0 Å². The summed E-state index contributed by atoms with van der Waals surface area (Å²) in [5.41, 5.74) is 9.49. The molecule has 164 valence electrons. The van der Waals surface area contributed by atoms with Crippen LogP contribution in [-0.2, 0) is 35.3 Å². The Kier molecular flexibility index (Phi) is 5.93. The summed E-state index contributed by atoms with van der Waals surface area (Å²) in [6, 6.07) is 13.5. The van der Waals surface area contributed by atoms with E-state index < -0.39 is 0 Å². The van der Waals surface area contributed by atoms with Crippen LogP contribution in [0.3, 0.4) is 0 Å². The van der Waals surface area contributed by atoms with Crippen molar-refractivity contribution in [2.24, 2.45) is 0 Å². The third-order valence-corrected chi connectivity index (χ3v) is 6.71. The lowest BCUT2D eigenvalue weighted by molar-refractivity contribution is -0.115. The van der Waals surface area contributed by atoms with Crippen molar-refractivity contribution in [2.75, 3.05) is 10.6 Å². The molecule has 4 nitrogen and oxygen atoms in total. The molecule has 4 heteroatoms. The molecule has 8 rings (SSSR count). The zero-order valence-electron chi connectivity index (χ0n) is 18.5. The molecule has 2 aromatic carbocycles. The quantitative estimate of drug-likeness (QED) is 0.662. The van der Waals surface area contributed by atoms with Gasteiger partial charge in [0.25, 0.3) is 0 Å². The third-order valence-electron chi connectivity index (χ3n) is 6.71. The normalized spacial score (nSPS) is 18.5. The highest BCUT2D eigenvalue weighted by atomic mass is 16.1. The summed E-state index contributed by atoms with van der Waals surface area (Å²) in [6.07, 6.45) is 12.3. The number of anilines is 2. The average molecular weight is 427 g/mol. The van der Waals surface area contributed by atoms with E-state index in [4.69, 9.17) is 0 Å². The number of ketones is 2. The molecule has 0 fully saturated rings. The first-order chi connectivity index (χ1) is 15.6. The number of allylic oxidation sites excluding steroid dienone is 4. The molecular formula is C28H30N2O2. The van der Waals surface area contributed by atoms with E-state index in [0.717, 1.165) is 74.1 Å². The summed E-state index contributed by atoms with van der Waals surface area (Å²) in [7, 11) is 0. The smallest absolute Gasteiger partial charge is 0.157 e. The highest BCUT2D eigenvalue weighted by molar-refractivity contribution is 5.92. The molecule has 0 saturated heterocycles. The van der Waals surface area contributed by atoms with E-state index >= 15 is 0 Å². The van der Waals surface area contributed by atoms with Crippen LogP contribution in [0, 0.1) is 0 Å². The fraction of sp³-hybridized carbons (Fsp3) is 0.357. The van der Waals surface area contributed by atoms with Crippen molar-refractivity contribution in [3.63, 3.8) is 0 Å². The number of hydrogen-bond acceptors (Lipinski definition) is 4. The van der Waals surface area contributed by atoms with E-state index in [-0.39, 0.29) is 11.6 Å². The summed E-state index contributed by atoms with van der Waals surface area (Å²) < 4.78 is 0. The zero-order chi connectivity index (χ0) is 21.9. The number of carbonyl (C=O) groups is 2. The summed E-state index contributed by atoms with van der Waals surface area (Å²) in [4.78, 5) is 23.7. The molecule has 0 unspecified atom stereocenters. The Balaban J connectivity index is 1.42. The van der Waals surface area contributed by atoms with Crippen LogP contribution in [-0.4, -0.2) is 11.6 Å². The van der Waals surface area contributed by atoms with Gasteiger partial charge in [-0.05, 0) is 85.8 Å². The lowest BCUT2D eigenvalue weighted by atomic mass is 9.93. The van der Waals surface area contributed by atoms with E-state index in [2.05, 4.69) is 47.0 Å². The van der Waals surface area contributed by atoms with Gasteiger partial charge in [-0.25, -0.2) is 0 Å². The molecule has 6 aliphatic carbocycles. The number of benzene rings is 2. The molecular weight excluding hydrogens is 396 g/mol. The second-order valence-electron chi connectivity index (χ2n) is 9.21. The lowest BCUT2D eigenvalue weighted by Crippen LogP contribution is -2.12. The SMILES string of the molecule is O=C1C=C(Nc2cc3ccc2CCc2ccc(cc2NC2=CC(=O)CCC2)CC3)CCC1. The maximum Gasteiger partial charge on any atom is 0.157 e. The van der Waals surface area contributed by atoms with E-state index in [1.54, 1.807) is 12.2 Å². The molecule has 0 saturated carbocycles. The van der Waals surface area contributed by atoms with Gasteiger partial charge in [0, 0.05) is 47.8 Å². The third kappa shape index (κ3) is 4.85. The summed E-state index contributed by atoms with van der Waals surface area (Å²) in [6.45, 7) is 0. The van der Waals surface area contributed by atoms with Gasteiger partial charge in [-0.2, -0.15) is 0 Å². The Labute approximate surface area is 189 Å². The average Bonchev–Trinajstić information content (AvgIpc) is 2.76. The Bertz CT molecular complexity index is 1040. The minimum atomic E-state index is 0.219. The van der Waals surface area contributed by atoms with Crippen LogP contribution in [0.25, 0.3) is 0 Å². The first-order valence-electron chi connectivity index (χ1n) is 11.9. The van der Waals surface area contributed by atoms with Crippen molar-refractivity contribution >= 4 is 22.9 Å². The first-order valence-corrected chi connectivity index (χ1v) is 11.9. The maximum atomic E-state index is 11.9. The van der Waals surface area contributed by atoms with Gasteiger partial charge >= 0.3 is 0 Å². The second-order valence-corrected chi connectivity index (χ2v) is 9.21. The number of rotatable bonds is 4. The van der Waals surface area contributed by atoms with E-state index in [9.17, 15) is 9.59 Å². The van der Waals surface area contributed by atoms with Crippen LogP contribution < -0.4 is 10.6 Å². The Morgan fingerprint density at radius 1 is 0.531 bits per heavy atom. The predicted octanol–water partition coefficient (Wildman–Crippen LogP) is 5.67. The van der Waals surface area contributed by atoms with Crippen LogP contribution in [0.1, 0.15) is 60.8 Å². The monoisotopic (exact) mass is 426 g/mol. The van der Waals surface area contributed by atoms with Gasteiger partial charge in [0.2, 0.25) is 0 Å². The Morgan fingerprint density at radius 2 is 1.00 bits per heavy atom. The molecule has 0 aromatic heterocycles. The zero-order valence-corrected chi connectivity index (χ0v) is 18.5. The lowest BCUT2D eigenvalue weighted by Gasteiger charge is -2.21. The molecule has 0 spiro atoms. The van der Waals surface area contributed by atoms with Crippen molar-refractivity contribution in [3.8, 4) is 0 Å². The molecule has 2 N–H and O–H groups in total. The maximum absolute atomic E-state index is 11.9. The molecule has 4 bridgehead atoms. The van der Waals surface area contributed by atoms with Crippen molar-refractivity contribution in [1.82, 2.24) is 0 Å². The van der Waals surface area contributed by atoms with Crippen molar-refractivity contribution in [2.45, 2.75) is 64.2 Å². The van der Waals surface area contributed by atoms with Crippen LogP contribution in [0.15, 0.2) is 59.9 Å². The van der Waals surface area contributed by atoms with Gasteiger partial charge in [0.1, 0.15) is 0 Å². The molecule has 32 heavy (non-hydrogen) atoms. The molecule has 0 aliphatic heterocycles. The van der Waals surface area contributed by atoms with Crippen molar-refractivity contribution in [1.29, 1.82) is 0 Å². The number of nitrogens with one attached hydrogen (secondary N) is 2. The van der Waals surface area contributed by atoms with E-state index in [1.807, 2.05) is 0 Å². The largest absolute Gasteiger partial charge is 0.359 e. The van der Waals surface area contributed by atoms with Gasteiger partial charge in [-0.15, -0.1) is 0 Å². The number of carbonyl (C=O) groups excluding carboxylic acids is 2. The predicted molar refractivity (Wildman–Crippen MR) is 129 cm³/mol. The van der Waals surface area contributed by atoms with Gasteiger partial charge < -0.3 is 10.6 Å². The molecule has 6 aliphatic rings. The van der Waals surface area contributed by atoms with Crippen molar-refractivity contribution < 1.29 is 9.59 Å². The molecule has 0 radical (unpaired) electrons. The van der Waals surface area contributed by atoms with Gasteiger partial charge in [0.05, 0.1) is 0 Å². The number of aryl methyl sites for hydroxylation is 4. The van der Waals surface area contributed by atoms with Gasteiger partial charge in [0.15, 0.2) is 11.6 Å². The van der Waals surface area contributed by atoms with E-state index in [1.165, 1.54) is 22.3 Å². The minimum Gasteiger partial charge on any atom is -0.359 e. The highest BCUT2D eigenvalue weighted by Crippen LogP contribution is 2.29. The summed E-state index contributed by atoms with van der Waals surface area (Å²) >= 11 is 0. The number of hydrogen-bond donors (Lipinski definition) is 2. The van der Waals surface area contributed by atoms with Crippen LogP contribution in [0.4, 0.5) is 11.4 Å². The van der Waals surface area contributed by atoms with Crippen LogP contribution in [0.2, 0.25) is 0 Å². The van der Waals surface area contributed by atoms with Gasteiger partial charge in [-0.1, -0.05) is 24.3 Å². The van der Waals surface area contributed by atoms with Crippen LogP contribution >= 0.6 is 0 Å². The molecule has 0 atom stereocenters. The topological polar surface area (TPSA) is 58.2 Å². The molecule has 0 heterocycles. The van der Waals surface area contributed by atoms with Gasteiger partial charge in [-0.3, -0.25) is 9.59 Å². The van der Waals surface area contributed by atoms with E-state index in [0.29, 0.717) is 12.8 Å². The Morgan fingerprint density at radius 3 is 1.44 bits per heavy atom. The fourth-order valence-corrected chi connectivity index (χ4v) is 4.91. The Hall–Kier alpha value is -3.14. The standard InChI is InChI=1S/C28H30N2O2/c31-25-5-1-3-23(17-25)29-27-15-19-7-8-20-10-12-22(14-13-21(27)11-9-19)28(16-20)30-24-4-2-6-26(32)18-24/h9-12,15-18,29-30H,1-8,13-14H2. The highest BCUT2D eigenvalue weighted by Gasteiger charge is 2.16. The summed E-state index contributed by atoms with van der Waals surface area (Å²) in [5.74, 6) is 0.438. The molecule has 0 amide bonds. The fourth-order valence-electron chi connectivity index (χ4n) is 4.91. The summed E-state index contributed by atoms with van der Waals surface area (Å²) in [5, 5.41) is 7.16. The first kappa shape index (κ1) is 20.7. The van der Waals surface area contributed by atoms with Crippen molar-refractivity contribution in [3.05, 3.63) is 82.2 Å². The molecule has 2 aromatic rings. The minimum absolute atomic E-state index is 0.219. The second kappa shape index (κ2) is 9.15.